The van der Waals surface area contributed by atoms with Crippen molar-refractivity contribution in [3.63, 3.8) is 0 Å². The largest absolute Gasteiger partial charge is 0.368 e. The summed E-state index contributed by atoms with van der Waals surface area (Å²) in [6.45, 7) is 3.58. The van der Waals surface area contributed by atoms with E-state index in [0.29, 0.717) is 6.54 Å². The van der Waals surface area contributed by atoms with Crippen LogP contribution in [0.25, 0.3) is 0 Å². The van der Waals surface area contributed by atoms with Crippen molar-refractivity contribution in [1.82, 2.24) is 20.5 Å². The highest BCUT2D eigenvalue weighted by Crippen LogP contribution is 2.19. The maximum Gasteiger partial charge on any atom is 0.272 e. The van der Waals surface area contributed by atoms with Crippen molar-refractivity contribution in [3.05, 3.63) is 78.0 Å². The molecular formula is C21H21FN6O. The average molecular weight is 392 g/mol. The predicted molar refractivity (Wildman–Crippen MR) is 108 cm³/mol. The number of hydrogen-bond donors (Lipinski definition) is 1. The van der Waals surface area contributed by atoms with E-state index in [-0.39, 0.29) is 17.4 Å². The molecule has 0 atom stereocenters. The number of pyridine rings is 1. The van der Waals surface area contributed by atoms with Crippen molar-refractivity contribution in [3.8, 4) is 0 Å². The number of halogens is 1. The van der Waals surface area contributed by atoms with E-state index in [1.54, 1.807) is 30.6 Å². The highest BCUT2D eigenvalue weighted by molar-refractivity contribution is 5.92. The van der Waals surface area contributed by atoms with Crippen molar-refractivity contribution in [2.45, 2.75) is 6.54 Å². The predicted octanol–water partition coefficient (Wildman–Crippen LogP) is 2.27. The summed E-state index contributed by atoms with van der Waals surface area (Å²) in [5, 5.41) is 11.1. The number of aromatic nitrogens is 3. The van der Waals surface area contributed by atoms with Crippen LogP contribution in [-0.2, 0) is 6.54 Å². The number of nitrogens with one attached hydrogen (secondary N) is 1. The van der Waals surface area contributed by atoms with Gasteiger partial charge in [0.25, 0.3) is 5.91 Å². The van der Waals surface area contributed by atoms with Gasteiger partial charge in [-0.15, -0.1) is 10.2 Å². The van der Waals surface area contributed by atoms with Crippen LogP contribution in [0.1, 0.15) is 16.1 Å². The molecule has 2 aromatic heterocycles. The Morgan fingerprint density at radius 1 is 0.897 bits per heavy atom. The van der Waals surface area contributed by atoms with Gasteiger partial charge in [0.05, 0.1) is 0 Å². The Morgan fingerprint density at radius 3 is 2.24 bits per heavy atom. The molecule has 1 aliphatic heterocycles. The maximum absolute atomic E-state index is 13.1. The van der Waals surface area contributed by atoms with Crippen LogP contribution in [0, 0.1) is 5.82 Å². The quantitative estimate of drug-likeness (QED) is 0.718. The Bertz CT molecular complexity index is 941. The molecule has 0 aliphatic carbocycles. The lowest BCUT2D eigenvalue weighted by Crippen LogP contribution is -2.47. The summed E-state index contributed by atoms with van der Waals surface area (Å²) >= 11 is 0. The van der Waals surface area contributed by atoms with Crippen LogP contribution < -0.4 is 15.1 Å². The number of carbonyl (C=O) groups is 1. The van der Waals surface area contributed by atoms with Crippen molar-refractivity contribution in [2.75, 3.05) is 36.0 Å². The SMILES string of the molecule is O=C(NCc1ccncc1)c1ccc(N2CCN(c3ccc(F)cc3)CC2)nn1. The fourth-order valence-corrected chi connectivity index (χ4v) is 3.23. The fraction of sp³-hybridized carbons (Fsp3) is 0.238. The molecule has 148 valence electrons. The lowest BCUT2D eigenvalue weighted by molar-refractivity contribution is 0.0945. The van der Waals surface area contributed by atoms with Crippen LogP contribution in [-0.4, -0.2) is 47.3 Å². The Labute approximate surface area is 168 Å². The second-order valence-electron chi connectivity index (χ2n) is 6.77. The molecule has 0 bridgehead atoms. The van der Waals surface area contributed by atoms with E-state index in [0.717, 1.165) is 43.2 Å². The normalized spacial score (nSPS) is 14.0. The molecule has 1 amide bonds. The van der Waals surface area contributed by atoms with Gasteiger partial charge >= 0.3 is 0 Å². The van der Waals surface area contributed by atoms with Gasteiger partial charge in [-0.25, -0.2) is 4.39 Å². The van der Waals surface area contributed by atoms with Gasteiger partial charge in [-0.05, 0) is 54.1 Å². The van der Waals surface area contributed by atoms with Crippen LogP contribution in [0.4, 0.5) is 15.9 Å². The van der Waals surface area contributed by atoms with Gasteiger partial charge in [0.2, 0.25) is 0 Å². The molecule has 1 saturated heterocycles. The molecule has 0 radical (unpaired) electrons. The molecule has 0 saturated carbocycles. The van der Waals surface area contributed by atoms with Gasteiger partial charge in [-0.2, -0.15) is 0 Å². The summed E-state index contributed by atoms with van der Waals surface area (Å²) < 4.78 is 13.1. The molecule has 8 heteroatoms. The first-order chi connectivity index (χ1) is 14.2. The third kappa shape index (κ3) is 4.66. The molecular weight excluding hydrogens is 371 g/mol. The first-order valence-corrected chi connectivity index (χ1v) is 9.45. The minimum atomic E-state index is -0.262. The van der Waals surface area contributed by atoms with Gasteiger partial charge in [-0.1, -0.05) is 0 Å². The number of anilines is 2. The van der Waals surface area contributed by atoms with Crippen molar-refractivity contribution >= 4 is 17.4 Å². The minimum Gasteiger partial charge on any atom is -0.368 e. The molecule has 4 rings (SSSR count). The topological polar surface area (TPSA) is 74.2 Å². The van der Waals surface area contributed by atoms with E-state index in [9.17, 15) is 9.18 Å². The van der Waals surface area contributed by atoms with E-state index in [1.165, 1.54) is 12.1 Å². The lowest BCUT2D eigenvalue weighted by Gasteiger charge is -2.36. The summed E-state index contributed by atoms with van der Waals surface area (Å²) in [5.41, 5.74) is 2.27. The summed E-state index contributed by atoms with van der Waals surface area (Å²) in [6, 6.07) is 13.8. The van der Waals surface area contributed by atoms with Crippen LogP contribution in [0.3, 0.4) is 0 Å². The van der Waals surface area contributed by atoms with Crippen molar-refractivity contribution in [2.24, 2.45) is 0 Å². The van der Waals surface area contributed by atoms with E-state index < -0.39 is 0 Å². The van der Waals surface area contributed by atoms with Crippen LogP contribution in [0.5, 0.6) is 0 Å². The summed E-state index contributed by atoms with van der Waals surface area (Å²) in [5.74, 6) is 0.254. The minimum absolute atomic E-state index is 0.229. The van der Waals surface area contributed by atoms with Gasteiger partial charge in [0, 0.05) is 50.8 Å². The number of rotatable bonds is 5. The lowest BCUT2D eigenvalue weighted by atomic mass is 10.2. The number of amides is 1. The molecule has 0 spiro atoms. The Hall–Kier alpha value is -3.55. The molecule has 7 nitrogen and oxygen atoms in total. The summed E-state index contributed by atoms with van der Waals surface area (Å²) in [4.78, 5) is 20.5. The third-order valence-electron chi connectivity index (χ3n) is 4.88. The second kappa shape index (κ2) is 8.64. The van der Waals surface area contributed by atoms with E-state index in [2.05, 4.69) is 30.3 Å². The summed E-state index contributed by atoms with van der Waals surface area (Å²) in [6.07, 6.45) is 3.37. The number of piperazine rings is 1. The molecule has 3 heterocycles. The highest BCUT2D eigenvalue weighted by Gasteiger charge is 2.19. The molecule has 1 aromatic carbocycles. The Kier molecular flexibility index (Phi) is 5.60. The summed E-state index contributed by atoms with van der Waals surface area (Å²) in [7, 11) is 0. The van der Waals surface area contributed by atoms with Gasteiger partial charge in [0.1, 0.15) is 5.82 Å². The molecule has 1 fully saturated rings. The van der Waals surface area contributed by atoms with Gasteiger partial charge in [-0.3, -0.25) is 9.78 Å². The molecule has 1 N–H and O–H groups in total. The number of carbonyl (C=O) groups excluding carboxylic acids is 1. The van der Waals surface area contributed by atoms with Crippen LogP contribution >= 0.6 is 0 Å². The molecule has 29 heavy (non-hydrogen) atoms. The van der Waals surface area contributed by atoms with E-state index in [1.807, 2.05) is 18.2 Å². The molecule has 3 aromatic rings. The second-order valence-corrected chi connectivity index (χ2v) is 6.77. The monoisotopic (exact) mass is 392 g/mol. The zero-order valence-electron chi connectivity index (χ0n) is 15.8. The first-order valence-electron chi connectivity index (χ1n) is 9.45. The maximum atomic E-state index is 13.1. The number of hydrogen-bond acceptors (Lipinski definition) is 6. The third-order valence-corrected chi connectivity index (χ3v) is 4.88. The zero-order chi connectivity index (χ0) is 20.1. The molecule has 0 unspecified atom stereocenters. The number of benzene rings is 1. The fourth-order valence-electron chi connectivity index (χ4n) is 3.23. The van der Waals surface area contributed by atoms with Gasteiger partial charge < -0.3 is 15.1 Å². The smallest absolute Gasteiger partial charge is 0.272 e. The van der Waals surface area contributed by atoms with Crippen molar-refractivity contribution < 1.29 is 9.18 Å². The van der Waals surface area contributed by atoms with Crippen molar-refractivity contribution in [1.29, 1.82) is 0 Å². The highest BCUT2D eigenvalue weighted by atomic mass is 19.1. The van der Waals surface area contributed by atoms with E-state index in [4.69, 9.17) is 0 Å². The van der Waals surface area contributed by atoms with Crippen LogP contribution in [0.15, 0.2) is 60.9 Å². The average Bonchev–Trinajstić information content (AvgIpc) is 2.79. The number of nitrogens with zero attached hydrogens (tertiary/aromatic N) is 5. The Balaban J connectivity index is 1.31. The standard InChI is InChI=1S/C21H21FN6O/c22-17-1-3-18(4-2-17)27-11-13-28(14-12-27)20-6-5-19(25-26-20)21(29)24-15-16-7-9-23-10-8-16/h1-10H,11-15H2,(H,24,29). The van der Waals surface area contributed by atoms with E-state index >= 15 is 0 Å². The first kappa shape index (κ1) is 18.8. The zero-order valence-corrected chi connectivity index (χ0v) is 15.8. The van der Waals surface area contributed by atoms with Crippen LogP contribution in [0.2, 0.25) is 0 Å². The van der Waals surface area contributed by atoms with Gasteiger partial charge in [0.15, 0.2) is 11.5 Å². The molecule has 1 aliphatic rings. The Morgan fingerprint density at radius 2 is 1.59 bits per heavy atom.